The lowest BCUT2D eigenvalue weighted by Crippen LogP contribution is -2.31. The molecule has 0 aromatic heterocycles. The van der Waals surface area contributed by atoms with Crippen molar-refractivity contribution >= 4 is 0 Å². The van der Waals surface area contributed by atoms with E-state index in [0.29, 0.717) is 5.41 Å². The lowest BCUT2D eigenvalue weighted by molar-refractivity contribution is 0.0721. The second kappa shape index (κ2) is 2.76. The third kappa shape index (κ3) is 1.42. The summed E-state index contributed by atoms with van der Waals surface area (Å²) in [5.74, 6) is 0. The molecule has 1 saturated heterocycles. The van der Waals surface area contributed by atoms with Crippen molar-refractivity contribution in [1.82, 2.24) is 5.32 Å². The molecule has 1 aliphatic heterocycles. The molecule has 2 aliphatic rings. The summed E-state index contributed by atoms with van der Waals surface area (Å²) in [6.45, 7) is 2.38. The fraction of sp³-hybridized carbons (Fsp3) is 1.00. The molecule has 64 valence electrons. The van der Waals surface area contributed by atoms with Crippen LogP contribution in [0.15, 0.2) is 0 Å². The molecule has 1 saturated carbocycles. The fourth-order valence-corrected chi connectivity index (χ4v) is 2.44. The minimum absolute atomic E-state index is 0.00113. The average Bonchev–Trinajstić information content (AvgIpc) is 2.45. The van der Waals surface area contributed by atoms with Gasteiger partial charge in [0.25, 0.3) is 0 Å². The summed E-state index contributed by atoms with van der Waals surface area (Å²) in [4.78, 5) is 0. The van der Waals surface area contributed by atoms with Crippen molar-refractivity contribution in [2.24, 2.45) is 5.41 Å². The second-order valence-corrected chi connectivity index (χ2v) is 4.16. The van der Waals surface area contributed by atoms with E-state index in [1.54, 1.807) is 0 Å². The molecular formula is C9H17NO. The molecule has 2 fully saturated rings. The minimum Gasteiger partial charge on any atom is -0.393 e. The van der Waals surface area contributed by atoms with Crippen molar-refractivity contribution in [2.45, 2.75) is 38.2 Å². The number of nitrogens with one attached hydrogen (secondary N) is 1. The fourth-order valence-electron chi connectivity index (χ4n) is 2.44. The Morgan fingerprint density at radius 2 is 1.91 bits per heavy atom. The Labute approximate surface area is 68.0 Å². The highest BCUT2D eigenvalue weighted by Gasteiger charge is 2.36. The predicted octanol–water partition coefficient (Wildman–Crippen LogP) is 0.901. The van der Waals surface area contributed by atoms with Gasteiger partial charge in [-0.25, -0.2) is 0 Å². The van der Waals surface area contributed by atoms with E-state index in [2.05, 4.69) is 5.32 Å². The molecule has 2 heteroatoms. The molecular weight excluding hydrogens is 138 g/mol. The van der Waals surface area contributed by atoms with E-state index < -0.39 is 0 Å². The maximum absolute atomic E-state index is 9.33. The first-order valence-corrected chi connectivity index (χ1v) is 4.70. The lowest BCUT2D eigenvalue weighted by atomic mass is 9.73. The molecule has 1 heterocycles. The molecule has 0 unspecified atom stereocenters. The van der Waals surface area contributed by atoms with Crippen LogP contribution in [0.4, 0.5) is 0 Å². The van der Waals surface area contributed by atoms with E-state index in [4.69, 9.17) is 0 Å². The summed E-state index contributed by atoms with van der Waals surface area (Å²) in [5.41, 5.74) is 0.583. The summed E-state index contributed by atoms with van der Waals surface area (Å²) in [6.07, 6.45) is 5.87. The van der Waals surface area contributed by atoms with Gasteiger partial charge in [0.05, 0.1) is 6.10 Å². The zero-order chi connectivity index (χ0) is 7.73. The highest BCUT2D eigenvalue weighted by atomic mass is 16.3. The summed E-state index contributed by atoms with van der Waals surface area (Å²) in [6, 6.07) is 0. The summed E-state index contributed by atoms with van der Waals surface area (Å²) in [7, 11) is 0. The molecule has 1 aliphatic carbocycles. The zero-order valence-electron chi connectivity index (χ0n) is 6.97. The summed E-state index contributed by atoms with van der Waals surface area (Å²) >= 11 is 0. The molecule has 0 radical (unpaired) electrons. The van der Waals surface area contributed by atoms with Gasteiger partial charge in [0.2, 0.25) is 0 Å². The summed E-state index contributed by atoms with van der Waals surface area (Å²) < 4.78 is 0. The van der Waals surface area contributed by atoms with Crippen molar-refractivity contribution in [1.29, 1.82) is 0 Å². The van der Waals surface area contributed by atoms with Crippen LogP contribution in [0.1, 0.15) is 32.1 Å². The first kappa shape index (κ1) is 7.56. The molecule has 1 spiro atoms. The number of hydrogen-bond acceptors (Lipinski definition) is 2. The van der Waals surface area contributed by atoms with Gasteiger partial charge in [-0.2, -0.15) is 0 Å². The van der Waals surface area contributed by atoms with Gasteiger partial charge in [-0.1, -0.05) is 0 Å². The van der Waals surface area contributed by atoms with E-state index in [-0.39, 0.29) is 6.10 Å². The molecule has 11 heavy (non-hydrogen) atoms. The van der Waals surface area contributed by atoms with Crippen LogP contribution in [0, 0.1) is 5.41 Å². The van der Waals surface area contributed by atoms with E-state index in [0.717, 1.165) is 12.8 Å². The van der Waals surface area contributed by atoms with Crippen LogP contribution in [-0.4, -0.2) is 24.3 Å². The SMILES string of the molecule is OC1CCC2(CCNC2)CC1. The van der Waals surface area contributed by atoms with Crippen molar-refractivity contribution in [2.75, 3.05) is 13.1 Å². The average molecular weight is 155 g/mol. The second-order valence-electron chi connectivity index (χ2n) is 4.16. The normalized spacial score (nSPS) is 45.0. The van der Waals surface area contributed by atoms with Gasteiger partial charge >= 0.3 is 0 Å². The van der Waals surface area contributed by atoms with Gasteiger partial charge in [0.15, 0.2) is 0 Å². The quantitative estimate of drug-likeness (QED) is 0.545. The lowest BCUT2D eigenvalue weighted by Gasteiger charge is -2.34. The third-order valence-electron chi connectivity index (χ3n) is 3.35. The number of rotatable bonds is 0. The Hall–Kier alpha value is -0.0800. The first-order valence-electron chi connectivity index (χ1n) is 4.70. The highest BCUT2D eigenvalue weighted by Crippen LogP contribution is 2.40. The van der Waals surface area contributed by atoms with Crippen LogP contribution < -0.4 is 5.32 Å². The molecule has 2 nitrogen and oxygen atoms in total. The molecule has 2 N–H and O–H groups in total. The summed E-state index contributed by atoms with van der Waals surface area (Å²) in [5, 5.41) is 12.7. The van der Waals surface area contributed by atoms with Gasteiger partial charge in [-0.15, -0.1) is 0 Å². The van der Waals surface area contributed by atoms with E-state index in [1.807, 2.05) is 0 Å². The van der Waals surface area contributed by atoms with Crippen LogP contribution in [0.2, 0.25) is 0 Å². The number of aliphatic hydroxyl groups is 1. The monoisotopic (exact) mass is 155 g/mol. The van der Waals surface area contributed by atoms with E-state index in [1.165, 1.54) is 32.4 Å². The number of hydrogen-bond donors (Lipinski definition) is 2. The standard InChI is InChI=1S/C9H17NO/c11-8-1-3-9(4-2-8)5-6-10-7-9/h8,10-11H,1-7H2. The molecule has 0 aromatic rings. The van der Waals surface area contributed by atoms with E-state index >= 15 is 0 Å². The van der Waals surface area contributed by atoms with Gasteiger partial charge in [-0.05, 0) is 44.1 Å². The van der Waals surface area contributed by atoms with Crippen molar-refractivity contribution in [3.05, 3.63) is 0 Å². The third-order valence-corrected chi connectivity index (χ3v) is 3.35. The van der Waals surface area contributed by atoms with Crippen molar-refractivity contribution in [3.63, 3.8) is 0 Å². The van der Waals surface area contributed by atoms with Crippen LogP contribution in [-0.2, 0) is 0 Å². The Bertz CT molecular complexity index is 130. The van der Waals surface area contributed by atoms with Gasteiger partial charge < -0.3 is 10.4 Å². The Morgan fingerprint density at radius 1 is 1.18 bits per heavy atom. The molecule has 0 bridgehead atoms. The topological polar surface area (TPSA) is 32.3 Å². The smallest absolute Gasteiger partial charge is 0.0540 e. The largest absolute Gasteiger partial charge is 0.393 e. The van der Waals surface area contributed by atoms with Crippen LogP contribution in [0.5, 0.6) is 0 Å². The molecule has 0 aromatic carbocycles. The maximum atomic E-state index is 9.33. The maximum Gasteiger partial charge on any atom is 0.0540 e. The van der Waals surface area contributed by atoms with Crippen LogP contribution >= 0.6 is 0 Å². The molecule has 0 amide bonds. The minimum atomic E-state index is 0.00113. The first-order chi connectivity index (χ1) is 5.31. The van der Waals surface area contributed by atoms with Crippen molar-refractivity contribution < 1.29 is 5.11 Å². The van der Waals surface area contributed by atoms with Gasteiger partial charge in [0.1, 0.15) is 0 Å². The Kier molecular flexibility index (Phi) is 1.90. The highest BCUT2D eigenvalue weighted by molar-refractivity contribution is 4.91. The molecule has 0 atom stereocenters. The predicted molar refractivity (Wildman–Crippen MR) is 44.4 cm³/mol. The zero-order valence-corrected chi connectivity index (χ0v) is 6.97. The van der Waals surface area contributed by atoms with Crippen LogP contribution in [0.25, 0.3) is 0 Å². The molecule has 2 rings (SSSR count). The van der Waals surface area contributed by atoms with Crippen LogP contribution in [0.3, 0.4) is 0 Å². The van der Waals surface area contributed by atoms with E-state index in [9.17, 15) is 5.11 Å². The number of aliphatic hydroxyl groups excluding tert-OH is 1. The van der Waals surface area contributed by atoms with Gasteiger partial charge in [-0.3, -0.25) is 0 Å². The van der Waals surface area contributed by atoms with Gasteiger partial charge in [0, 0.05) is 6.54 Å². The Balaban J connectivity index is 1.94. The van der Waals surface area contributed by atoms with Crippen molar-refractivity contribution in [3.8, 4) is 0 Å². The Morgan fingerprint density at radius 3 is 2.45 bits per heavy atom.